The van der Waals surface area contributed by atoms with Crippen LogP contribution in [0.1, 0.15) is 0 Å². The fourth-order valence-corrected chi connectivity index (χ4v) is 2.95. The Hall–Kier alpha value is -1.81. The summed E-state index contributed by atoms with van der Waals surface area (Å²) in [5.41, 5.74) is 0. The second-order valence-corrected chi connectivity index (χ2v) is 6.36. The highest BCUT2D eigenvalue weighted by atomic mass is 32.2. The standard InChI is InChI=1S/C12H14O12S/c13-5-1-3(7(15)11(21,22)9(5,17)18)25-4-2-6(14)10(19,20)12(23,24)8(4)16/h1-2,13-24H. The van der Waals surface area contributed by atoms with E-state index >= 15 is 0 Å². The number of hydrogen-bond donors (Lipinski definition) is 12. The van der Waals surface area contributed by atoms with E-state index < -0.39 is 56.0 Å². The van der Waals surface area contributed by atoms with Crippen molar-refractivity contribution in [2.24, 2.45) is 0 Å². The van der Waals surface area contributed by atoms with Crippen LogP contribution in [0.25, 0.3) is 0 Å². The van der Waals surface area contributed by atoms with Crippen molar-refractivity contribution >= 4 is 11.8 Å². The fraction of sp³-hybridized carbons (Fsp3) is 0.333. The van der Waals surface area contributed by atoms with Crippen LogP contribution in [-0.4, -0.2) is 84.4 Å². The van der Waals surface area contributed by atoms with E-state index in [9.17, 15) is 61.3 Å². The number of hydrogen-bond acceptors (Lipinski definition) is 13. The van der Waals surface area contributed by atoms with Crippen molar-refractivity contribution in [3.63, 3.8) is 0 Å². The summed E-state index contributed by atoms with van der Waals surface area (Å²) in [6.45, 7) is 0. The Bertz CT molecular complexity index is 677. The molecule has 12 N–H and O–H groups in total. The van der Waals surface area contributed by atoms with Crippen molar-refractivity contribution in [1.82, 2.24) is 0 Å². The van der Waals surface area contributed by atoms with Crippen LogP contribution >= 0.6 is 11.8 Å². The van der Waals surface area contributed by atoms with Crippen molar-refractivity contribution in [2.75, 3.05) is 0 Å². The van der Waals surface area contributed by atoms with E-state index in [4.69, 9.17) is 0 Å². The summed E-state index contributed by atoms with van der Waals surface area (Å²) in [6.07, 6.45) is 0.873. The third-order valence-electron chi connectivity index (χ3n) is 3.57. The normalized spacial score (nSPS) is 27.0. The highest BCUT2D eigenvalue weighted by Gasteiger charge is 2.59. The van der Waals surface area contributed by atoms with E-state index in [0.717, 1.165) is 0 Å². The molecule has 0 amide bonds. The van der Waals surface area contributed by atoms with E-state index in [1.807, 2.05) is 0 Å². The molecule has 140 valence electrons. The number of aliphatic hydroxyl groups excluding tert-OH is 4. The lowest BCUT2D eigenvalue weighted by molar-refractivity contribution is -0.340. The molecule has 0 aromatic heterocycles. The minimum atomic E-state index is -3.78. The third kappa shape index (κ3) is 2.50. The van der Waals surface area contributed by atoms with Crippen LogP contribution in [0.3, 0.4) is 0 Å². The van der Waals surface area contributed by atoms with E-state index in [1.165, 1.54) is 0 Å². The molecule has 25 heavy (non-hydrogen) atoms. The van der Waals surface area contributed by atoms with Crippen molar-refractivity contribution in [2.45, 2.75) is 23.1 Å². The molecule has 0 saturated heterocycles. The van der Waals surface area contributed by atoms with Crippen LogP contribution in [0.15, 0.2) is 45.0 Å². The second kappa shape index (κ2) is 5.34. The molecule has 12 nitrogen and oxygen atoms in total. The van der Waals surface area contributed by atoms with Gasteiger partial charge in [-0.15, -0.1) is 0 Å². The topological polar surface area (TPSA) is 243 Å². The molecule has 2 aliphatic carbocycles. The molecular weight excluding hydrogens is 368 g/mol. The van der Waals surface area contributed by atoms with E-state index in [2.05, 4.69) is 0 Å². The Kier molecular flexibility index (Phi) is 4.17. The maximum atomic E-state index is 9.74. The smallest absolute Gasteiger partial charge is 0.287 e. The lowest BCUT2D eigenvalue weighted by Gasteiger charge is -2.38. The Balaban J connectivity index is 2.54. The number of aliphatic hydroxyl groups is 12. The van der Waals surface area contributed by atoms with Gasteiger partial charge in [-0.1, -0.05) is 11.8 Å². The molecule has 0 aromatic carbocycles. The minimum Gasteiger partial charge on any atom is -0.507 e. The maximum Gasteiger partial charge on any atom is 0.287 e. The van der Waals surface area contributed by atoms with Crippen molar-refractivity contribution < 1.29 is 61.3 Å². The zero-order valence-electron chi connectivity index (χ0n) is 11.9. The van der Waals surface area contributed by atoms with Gasteiger partial charge in [0.2, 0.25) is 0 Å². The first kappa shape index (κ1) is 19.5. The fourth-order valence-electron chi connectivity index (χ4n) is 1.89. The molecule has 2 aliphatic rings. The molecule has 0 atom stereocenters. The van der Waals surface area contributed by atoms with Gasteiger partial charge >= 0.3 is 0 Å². The quantitative estimate of drug-likeness (QED) is 0.212. The molecule has 0 fully saturated rings. The van der Waals surface area contributed by atoms with Gasteiger partial charge in [0.15, 0.2) is 23.0 Å². The Morgan fingerprint density at radius 1 is 0.520 bits per heavy atom. The molecule has 0 bridgehead atoms. The van der Waals surface area contributed by atoms with Crippen LogP contribution in [0.4, 0.5) is 0 Å². The molecular formula is C12H14O12S. The monoisotopic (exact) mass is 382 g/mol. The first-order chi connectivity index (χ1) is 11.1. The van der Waals surface area contributed by atoms with E-state index in [1.54, 1.807) is 0 Å². The lowest BCUT2D eigenvalue weighted by atomic mass is 9.96. The highest BCUT2D eigenvalue weighted by Crippen LogP contribution is 2.46. The number of allylic oxidation sites excluding steroid dienone is 2. The summed E-state index contributed by atoms with van der Waals surface area (Å²) < 4.78 is 0. The van der Waals surface area contributed by atoms with Gasteiger partial charge in [-0.2, -0.15) is 0 Å². The van der Waals surface area contributed by atoms with Gasteiger partial charge in [-0.05, 0) is 12.2 Å². The van der Waals surface area contributed by atoms with Crippen molar-refractivity contribution in [1.29, 1.82) is 0 Å². The first-order valence-corrected chi connectivity index (χ1v) is 7.06. The summed E-state index contributed by atoms with van der Waals surface area (Å²) in [5, 5.41) is 114. The molecule has 0 saturated carbocycles. The van der Waals surface area contributed by atoms with Crippen LogP contribution in [0.5, 0.6) is 0 Å². The number of rotatable bonds is 2. The van der Waals surface area contributed by atoms with Gasteiger partial charge in [0, 0.05) is 0 Å². The second-order valence-electron chi connectivity index (χ2n) is 5.28. The summed E-state index contributed by atoms with van der Waals surface area (Å²) in [6, 6.07) is 0. The average Bonchev–Trinajstić information content (AvgIpc) is 2.48. The average molecular weight is 382 g/mol. The van der Waals surface area contributed by atoms with Gasteiger partial charge < -0.3 is 61.3 Å². The Morgan fingerprint density at radius 3 is 1.08 bits per heavy atom. The first-order valence-electron chi connectivity index (χ1n) is 6.25. The summed E-state index contributed by atoms with van der Waals surface area (Å²) in [4.78, 5) is -1.46. The van der Waals surface area contributed by atoms with Gasteiger partial charge in [0.25, 0.3) is 23.1 Å². The molecule has 0 aliphatic heterocycles. The minimum absolute atomic E-state index is 0.0733. The molecule has 0 aromatic rings. The highest BCUT2D eigenvalue weighted by molar-refractivity contribution is 8.07. The van der Waals surface area contributed by atoms with Crippen LogP contribution in [0, 0.1) is 0 Å². The van der Waals surface area contributed by atoms with Crippen LogP contribution in [-0.2, 0) is 0 Å². The largest absolute Gasteiger partial charge is 0.507 e. The van der Waals surface area contributed by atoms with E-state index in [0.29, 0.717) is 12.2 Å². The summed E-state index contributed by atoms with van der Waals surface area (Å²) in [5.74, 6) is -20.8. The van der Waals surface area contributed by atoms with Gasteiger partial charge in [-0.3, -0.25) is 0 Å². The lowest BCUT2D eigenvalue weighted by Crippen LogP contribution is -2.59. The molecule has 2 rings (SSSR count). The zero-order valence-corrected chi connectivity index (χ0v) is 12.7. The molecule has 0 heterocycles. The SMILES string of the molecule is OC1=CC(SC2=C(O)C(O)(O)C(O)(O)C(O)=C2)=C(O)C(O)(O)C1(O)O. The zero-order chi connectivity index (χ0) is 19.6. The molecule has 0 unspecified atom stereocenters. The van der Waals surface area contributed by atoms with E-state index in [-0.39, 0.29) is 11.8 Å². The Labute approximate surface area is 142 Å². The van der Waals surface area contributed by atoms with Gasteiger partial charge in [0.1, 0.15) is 0 Å². The van der Waals surface area contributed by atoms with Gasteiger partial charge in [-0.25, -0.2) is 0 Å². The summed E-state index contributed by atoms with van der Waals surface area (Å²) >= 11 is 0.0733. The van der Waals surface area contributed by atoms with Crippen LogP contribution < -0.4 is 0 Å². The van der Waals surface area contributed by atoms with Gasteiger partial charge in [0.05, 0.1) is 9.81 Å². The van der Waals surface area contributed by atoms with Crippen molar-refractivity contribution in [3.8, 4) is 0 Å². The molecule has 0 radical (unpaired) electrons. The number of thioether (sulfide) groups is 1. The predicted molar refractivity (Wildman–Crippen MR) is 77.0 cm³/mol. The summed E-state index contributed by atoms with van der Waals surface area (Å²) in [7, 11) is 0. The maximum absolute atomic E-state index is 9.74. The molecule has 0 spiro atoms. The Morgan fingerprint density at radius 2 is 0.800 bits per heavy atom. The van der Waals surface area contributed by atoms with Crippen LogP contribution in [0.2, 0.25) is 0 Å². The third-order valence-corrected chi connectivity index (χ3v) is 4.63. The predicted octanol–water partition coefficient (Wildman–Crippen LogP) is -3.11. The van der Waals surface area contributed by atoms with Crippen molar-refractivity contribution in [3.05, 3.63) is 45.0 Å². The molecule has 13 heteroatoms.